The lowest BCUT2D eigenvalue weighted by Gasteiger charge is -2.41. The van der Waals surface area contributed by atoms with Gasteiger partial charge in [-0.05, 0) is 13.3 Å². The number of nitrogens with zero attached hydrogens (tertiary/aromatic N) is 4. The van der Waals surface area contributed by atoms with E-state index in [1.807, 2.05) is 11.8 Å². The average Bonchev–Trinajstić information content (AvgIpc) is 2.62. The Morgan fingerprint density at radius 1 is 0.833 bits per heavy atom. The summed E-state index contributed by atoms with van der Waals surface area (Å²) in [6.07, 6.45) is 3.13. The second-order valence-corrected chi connectivity index (χ2v) is 7.11. The molecule has 1 amide bonds. The van der Waals surface area contributed by atoms with Crippen molar-refractivity contribution in [3.8, 4) is 0 Å². The van der Waals surface area contributed by atoms with Crippen LogP contribution in [0.1, 0.15) is 53.9 Å². The van der Waals surface area contributed by atoms with Crippen molar-refractivity contribution in [3.63, 3.8) is 0 Å². The summed E-state index contributed by atoms with van der Waals surface area (Å²) in [7, 11) is 0. The van der Waals surface area contributed by atoms with Crippen LogP contribution in [-0.2, 0) is 4.79 Å². The van der Waals surface area contributed by atoms with Gasteiger partial charge >= 0.3 is 0 Å². The zero-order valence-corrected chi connectivity index (χ0v) is 16.8. The fourth-order valence-electron chi connectivity index (χ4n) is 3.25. The Labute approximate surface area is 150 Å². The van der Waals surface area contributed by atoms with Crippen LogP contribution in [-0.4, -0.2) is 90.6 Å². The van der Waals surface area contributed by atoms with Gasteiger partial charge in [0, 0.05) is 64.8 Å². The minimum Gasteiger partial charge on any atom is -0.340 e. The number of rotatable bonds is 5. The maximum atomic E-state index is 11.7. The van der Waals surface area contributed by atoms with Crippen LogP contribution in [0.5, 0.6) is 0 Å². The van der Waals surface area contributed by atoms with Gasteiger partial charge in [-0.1, -0.05) is 34.1 Å². The maximum absolute atomic E-state index is 11.7. The quantitative estimate of drug-likeness (QED) is 0.768. The Hall–Kier alpha value is -0.650. The van der Waals surface area contributed by atoms with Crippen molar-refractivity contribution in [2.45, 2.75) is 59.9 Å². The molecular weight excluding hydrogens is 300 g/mol. The Morgan fingerprint density at radius 2 is 1.29 bits per heavy atom. The lowest BCUT2D eigenvalue weighted by Crippen LogP contribution is -2.55. The molecule has 0 spiro atoms. The smallest absolute Gasteiger partial charge is 0.222 e. The van der Waals surface area contributed by atoms with Gasteiger partial charge in [-0.25, -0.2) is 0 Å². The largest absolute Gasteiger partial charge is 0.340 e. The van der Waals surface area contributed by atoms with Gasteiger partial charge < -0.3 is 4.90 Å². The third-order valence-electron chi connectivity index (χ3n) is 5.05. The molecule has 1 atom stereocenters. The van der Waals surface area contributed by atoms with Crippen LogP contribution in [0.4, 0.5) is 0 Å². The summed E-state index contributed by atoms with van der Waals surface area (Å²) >= 11 is 0. The molecule has 0 aromatic rings. The third-order valence-corrected chi connectivity index (χ3v) is 5.05. The van der Waals surface area contributed by atoms with Gasteiger partial charge in [0.15, 0.2) is 0 Å². The van der Waals surface area contributed by atoms with Crippen molar-refractivity contribution >= 4 is 5.91 Å². The van der Waals surface area contributed by atoms with E-state index in [-0.39, 0.29) is 0 Å². The molecule has 0 N–H and O–H groups in total. The Balaban J connectivity index is 0.000000891. The topological polar surface area (TPSA) is 30.0 Å². The van der Waals surface area contributed by atoms with Gasteiger partial charge in [0.25, 0.3) is 0 Å². The monoisotopic (exact) mass is 340 g/mol. The molecule has 24 heavy (non-hydrogen) atoms. The van der Waals surface area contributed by atoms with E-state index >= 15 is 0 Å². The van der Waals surface area contributed by atoms with E-state index in [4.69, 9.17) is 0 Å². The van der Waals surface area contributed by atoms with E-state index in [2.05, 4.69) is 42.4 Å². The molecule has 2 fully saturated rings. The average molecular weight is 341 g/mol. The molecule has 2 saturated heterocycles. The van der Waals surface area contributed by atoms with Crippen LogP contribution >= 0.6 is 0 Å². The van der Waals surface area contributed by atoms with Gasteiger partial charge in [0.2, 0.25) is 5.91 Å². The maximum Gasteiger partial charge on any atom is 0.222 e. The van der Waals surface area contributed by atoms with Crippen molar-refractivity contribution in [2.24, 2.45) is 0 Å². The number of piperazine rings is 2. The highest BCUT2D eigenvalue weighted by Crippen LogP contribution is 2.10. The van der Waals surface area contributed by atoms with E-state index in [0.29, 0.717) is 12.3 Å². The molecule has 0 aromatic heterocycles. The molecule has 0 radical (unpaired) electrons. The van der Waals surface area contributed by atoms with E-state index < -0.39 is 0 Å². The fraction of sp³-hybridized carbons (Fsp3) is 0.947. The third kappa shape index (κ3) is 7.08. The Kier molecular flexibility index (Phi) is 10.5. The molecule has 2 heterocycles. The first-order valence-electron chi connectivity index (χ1n) is 10.0. The second kappa shape index (κ2) is 11.8. The van der Waals surface area contributed by atoms with Crippen molar-refractivity contribution < 1.29 is 4.79 Å². The van der Waals surface area contributed by atoms with Crippen molar-refractivity contribution in [2.75, 3.05) is 59.0 Å². The van der Waals surface area contributed by atoms with Gasteiger partial charge in [0.1, 0.15) is 0 Å². The van der Waals surface area contributed by atoms with Crippen LogP contribution < -0.4 is 0 Å². The lowest BCUT2D eigenvalue weighted by molar-refractivity contribution is -0.132. The standard InChI is InChI=1S/C16H32N4O.C3H8/c1-4-15(3)19-10-6-17(7-11-19)14-18-8-12-20(13-9-18)16(21)5-2;1-3-2/h15H,4-14H2,1-3H3;3H2,1-2H3. The van der Waals surface area contributed by atoms with Crippen LogP contribution in [0.2, 0.25) is 0 Å². The van der Waals surface area contributed by atoms with Crippen LogP contribution in [0.3, 0.4) is 0 Å². The summed E-state index contributed by atoms with van der Waals surface area (Å²) in [6, 6.07) is 0.718. The zero-order chi connectivity index (χ0) is 17.9. The van der Waals surface area contributed by atoms with Crippen LogP contribution in [0, 0.1) is 0 Å². The molecule has 1 unspecified atom stereocenters. The number of carbonyl (C=O) groups excluding carboxylic acids is 1. The molecule has 2 aliphatic rings. The normalized spacial score (nSPS) is 22.0. The fourth-order valence-corrected chi connectivity index (χ4v) is 3.25. The summed E-state index contributed by atoms with van der Waals surface area (Å²) in [5.74, 6) is 0.303. The van der Waals surface area contributed by atoms with Gasteiger partial charge in [-0.2, -0.15) is 0 Å². The van der Waals surface area contributed by atoms with E-state index in [1.54, 1.807) is 0 Å². The van der Waals surface area contributed by atoms with Crippen molar-refractivity contribution in [1.82, 2.24) is 19.6 Å². The molecule has 142 valence electrons. The highest BCUT2D eigenvalue weighted by atomic mass is 16.2. The van der Waals surface area contributed by atoms with Crippen molar-refractivity contribution in [3.05, 3.63) is 0 Å². The first kappa shape index (κ1) is 21.4. The molecule has 2 rings (SSSR count). The molecule has 2 aliphatic heterocycles. The number of amides is 1. The lowest BCUT2D eigenvalue weighted by atomic mass is 10.2. The molecule has 0 aliphatic carbocycles. The predicted octanol–water partition coefficient (Wildman–Crippen LogP) is 2.33. The number of hydrogen-bond donors (Lipinski definition) is 0. The predicted molar refractivity (Wildman–Crippen MR) is 102 cm³/mol. The van der Waals surface area contributed by atoms with Gasteiger partial charge in [0.05, 0.1) is 6.67 Å². The molecule has 0 bridgehead atoms. The Morgan fingerprint density at radius 3 is 1.71 bits per heavy atom. The summed E-state index contributed by atoms with van der Waals surface area (Å²) < 4.78 is 0. The first-order chi connectivity index (χ1) is 11.5. The molecule has 0 saturated carbocycles. The minimum absolute atomic E-state index is 0.303. The summed E-state index contributed by atoms with van der Waals surface area (Å²) in [4.78, 5) is 21.4. The van der Waals surface area contributed by atoms with E-state index in [0.717, 1.165) is 38.9 Å². The van der Waals surface area contributed by atoms with Crippen molar-refractivity contribution in [1.29, 1.82) is 0 Å². The first-order valence-corrected chi connectivity index (χ1v) is 10.0. The molecule has 0 aromatic carbocycles. The highest BCUT2D eigenvalue weighted by molar-refractivity contribution is 5.75. The summed E-state index contributed by atoms with van der Waals surface area (Å²) in [5, 5.41) is 0. The zero-order valence-electron chi connectivity index (χ0n) is 16.8. The van der Waals surface area contributed by atoms with E-state index in [1.165, 1.54) is 39.0 Å². The summed E-state index contributed by atoms with van der Waals surface area (Å²) in [5.41, 5.74) is 0. The molecule has 5 heteroatoms. The van der Waals surface area contributed by atoms with Crippen LogP contribution in [0.25, 0.3) is 0 Å². The molecule has 5 nitrogen and oxygen atoms in total. The van der Waals surface area contributed by atoms with Gasteiger partial charge in [-0.3, -0.25) is 19.5 Å². The van der Waals surface area contributed by atoms with E-state index in [9.17, 15) is 4.79 Å². The second-order valence-electron chi connectivity index (χ2n) is 7.11. The minimum atomic E-state index is 0.303. The number of carbonyl (C=O) groups is 1. The SMILES string of the molecule is CCC.CCC(=O)N1CCN(CN2CCN(C(C)CC)CC2)CC1. The van der Waals surface area contributed by atoms with Crippen LogP contribution in [0.15, 0.2) is 0 Å². The summed E-state index contributed by atoms with van der Waals surface area (Å²) in [6.45, 7) is 20.5. The molecular formula is C19H40N4O. The van der Waals surface area contributed by atoms with Gasteiger partial charge in [-0.15, -0.1) is 0 Å². The number of hydrogen-bond acceptors (Lipinski definition) is 4. The highest BCUT2D eigenvalue weighted by Gasteiger charge is 2.24. The Bertz CT molecular complexity index is 334.